The van der Waals surface area contributed by atoms with Crippen molar-refractivity contribution in [1.29, 1.82) is 0 Å². The van der Waals surface area contributed by atoms with Gasteiger partial charge in [-0.3, -0.25) is 9.52 Å². The number of sulfonamides is 1. The van der Waals surface area contributed by atoms with Gasteiger partial charge in [0.25, 0.3) is 15.9 Å². The minimum atomic E-state index is -3.76. The summed E-state index contributed by atoms with van der Waals surface area (Å²) >= 11 is 0. The number of carbonyl (C=O) groups is 1. The fourth-order valence-electron chi connectivity index (χ4n) is 3.18. The van der Waals surface area contributed by atoms with Gasteiger partial charge in [0.2, 0.25) is 0 Å². The maximum atomic E-state index is 12.8. The summed E-state index contributed by atoms with van der Waals surface area (Å²) in [6.45, 7) is 8.09. The van der Waals surface area contributed by atoms with Crippen LogP contribution >= 0.6 is 0 Å². The van der Waals surface area contributed by atoms with E-state index in [0.717, 1.165) is 22.4 Å². The third-order valence-electron chi connectivity index (χ3n) is 5.11. The highest BCUT2D eigenvalue weighted by Gasteiger charge is 2.17. The van der Waals surface area contributed by atoms with Crippen LogP contribution in [0.5, 0.6) is 5.75 Å². The Morgan fingerprint density at radius 1 is 0.969 bits per heavy atom. The smallest absolute Gasteiger partial charge is 0.261 e. The van der Waals surface area contributed by atoms with Crippen molar-refractivity contribution in [1.82, 2.24) is 5.32 Å². The molecule has 3 aromatic carbocycles. The van der Waals surface area contributed by atoms with Crippen LogP contribution in [-0.2, 0) is 10.0 Å². The summed E-state index contributed by atoms with van der Waals surface area (Å²) in [7, 11) is -3.76. The van der Waals surface area contributed by atoms with Gasteiger partial charge in [-0.15, -0.1) is 0 Å². The number of amides is 1. The van der Waals surface area contributed by atoms with E-state index in [1.165, 1.54) is 0 Å². The molecule has 0 aliphatic rings. The molecule has 1 atom stereocenters. The molecule has 0 aliphatic heterocycles. The normalized spacial score (nSPS) is 12.1. The molecule has 0 aromatic heterocycles. The van der Waals surface area contributed by atoms with Gasteiger partial charge in [-0.1, -0.05) is 35.9 Å². The predicted molar refractivity (Wildman–Crippen MR) is 127 cm³/mol. The second kappa shape index (κ2) is 9.87. The molecular weight excluding hydrogens is 424 g/mol. The molecule has 0 saturated heterocycles. The number of anilines is 1. The zero-order valence-electron chi connectivity index (χ0n) is 18.7. The van der Waals surface area contributed by atoms with Crippen molar-refractivity contribution in [3.63, 3.8) is 0 Å². The van der Waals surface area contributed by atoms with Gasteiger partial charge in [0.15, 0.2) is 0 Å². The molecular formula is C25H28N2O4S. The lowest BCUT2D eigenvalue weighted by Crippen LogP contribution is -2.26. The summed E-state index contributed by atoms with van der Waals surface area (Å²) in [5.74, 6) is 0.487. The summed E-state index contributed by atoms with van der Waals surface area (Å²) in [6.07, 6.45) is 0. The Morgan fingerprint density at radius 3 is 2.25 bits per heavy atom. The van der Waals surface area contributed by atoms with Crippen molar-refractivity contribution in [2.24, 2.45) is 0 Å². The Labute approximate surface area is 189 Å². The highest BCUT2D eigenvalue weighted by Crippen LogP contribution is 2.23. The van der Waals surface area contributed by atoms with Crippen LogP contribution < -0.4 is 14.8 Å². The average Bonchev–Trinajstić information content (AvgIpc) is 2.76. The van der Waals surface area contributed by atoms with Crippen molar-refractivity contribution in [2.75, 3.05) is 11.3 Å². The van der Waals surface area contributed by atoms with Crippen molar-refractivity contribution in [2.45, 2.75) is 38.6 Å². The highest BCUT2D eigenvalue weighted by molar-refractivity contribution is 7.92. The number of carbonyl (C=O) groups excluding carboxylic acids is 1. The fourth-order valence-corrected chi connectivity index (χ4v) is 4.30. The zero-order valence-corrected chi connectivity index (χ0v) is 19.5. The monoisotopic (exact) mass is 452 g/mol. The molecule has 3 aromatic rings. The quantitative estimate of drug-likeness (QED) is 0.504. The molecule has 6 nitrogen and oxygen atoms in total. The van der Waals surface area contributed by atoms with E-state index in [1.807, 2.05) is 45.0 Å². The number of hydrogen-bond acceptors (Lipinski definition) is 4. The van der Waals surface area contributed by atoms with E-state index >= 15 is 0 Å². The third kappa shape index (κ3) is 5.68. The van der Waals surface area contributed by atoms with Crippen LogP contribution in [0.15, 0.2) is 71.6 Å². The number of ether oxygens (including phenoxy) is 1. The fraction of sp³-hybridized carbons (Fsp3) is 0.240. The first-order chi connectivity index (χ1) is 15.2. The molecule has 0 unspecified atom stereocenters. The molecule has 3 rings (SSSR count). The van der Waals surface area contributed by atoms with Crippen LogP contribution in [0, 0.1) is 13.8 Å². The topological polar surface area (TPSA) is 84.5 Å². The Hall–Kier alpha value is -3.32. The third-order valence-corrected chi connectivity index (χ3v) is 6.50. The minimum absolute atomic E-state index is 0.168. The van der Waals surface area contributed by atoms with Gasteiger partial charge in [0, 0.05) is 5.56 Å². The van der Waals surface area contributed by atoms with Crippen molar-refractivity contribution >= 4 is 21.6 Å². The second-order valence-electron chi connectivity index (χ2n) is 7.65. The molecule has 0 bridgehead atoms. The van der Waals surface area contributed by atoms with E-state index in [9.17, 15) is 13.2 Å². The largest absolute Gasteiger partial charge is 0.494 e. The van der Waals surface area contributed by atoms with E-state index < -0.39 is 10.0 Å². The van der Waals surface area contributed by atoms with Crippen LogP contribution in [0.1, 0.15) is 46.9 Å². The average molecular weight is 453 g/mol. The van der Waals surface area contributed by atoms with Gasteiger partial charge in [-0.2, -0.15) is 0 Å². The van der Waals surface area contributed by atoms with Crippen LogP contribution in [0.25, 0.3) is 0 Å². The van der Waals surface area contributed by atoms with E-state index in [-0.39, 0.29) is 16.8 Å². The van der Waals surface area contributed by atoms with E-state index in [0.29, 0.717) is 17.9 Å². The van der Waals surface area contributed by atoms with E-state index in [1.54, 1.807) is 49.4 Å². The van der Waals surface area contributed by atoms with Crippen molar-refractivity contribution in [3.05, 3.63) is 89.0 Å². The number of nitrogens with one attached hydrogen (secondary N) is 2. The zero-order chi connectivity index (χ0) is 23.3. The highest BCUT2D eigenvalue weighted by atomic mass is 32.2. The number of rotatable bonds is 8. The van der Waals surface area contributed by atoms with Crippen LogP contribution in [-0.4, -0.2) is 20.9 Å². The van der Waals surface area contributed by atoms with Crippen molar-refractivity contribution in [3.8, 4) is 5.75 Å². The summed E-state index contributed by atoms with van der Waals surface area (Å²) < 4.78 is 33.6. The summed E-state index contributed by atoms with van der Waals surface area (Å²) in [5, 5.41) is 2.95. The molecule has 168 valence electrons. The SMILES string of the molecule is CCOc1ccc([C@H](C)NC(=O)c2ccc(C)c(NS(=O)(=O)c3ccc(C)cc3)c2)cc1. The Morgan fingerprint density at radius 2 is 1.62 bits per heavy atom. The maximum Gasteiger partial charge on any atom is 0.261 e. The van der Waals surface area contributed by atoms with Gasteiger partial charge in [0.1, 0.15) is 5.75 Å². The molecule has 0 radical (unpaired) electrons. The molecule has 32 heavy (non-hydrogen) atoms. The number of hydrogen-bond donors (Lipinski definition) is 2. The molecule has 0 fully saturated rings. The molecule has 7 heteroatoms. The standard InChI is InChI=1S/C25H28N2O4S/c1-5-31-22-12-10-20(11-13-22)19(4)26-25(28)21-9-8-18(3)24(16-21)27-32(29,30)23-14-6-17(2)7-15-23/h6-16,19,27H,5H2,1-4H3,(H,26,28)/t19-/m0/s1. The lowest BCUT2D eigenvalue weighted by atomic mass is 10.1. The Balaban J connectivity index is 1.75. The lowest BCUT2D eigenvalue weighted by molar-refractivity contribution is 0.0940. The molecule has 0 spiro atoms. The van der Waals surface area contributed by atoms with Crippen LogP contribution in [0.4, 0.5) is 5.69 Å². The van der Waals surface area contributed by atoms with Crippen LogP contribution in [0.2, 0.25) is 0 Å². The predicted octanol–water partition coefficient (Wildman–Crippen LogP) is 4.99. The Kier molecular flexibility index (Phi) is 7.20. The first-order valence-electron chi connectivity index (χ1n) is 10.4. The number of benzene rings is 3. The molecule has 2 N–H and O–H groups in total. The molecule has 1 amide bonds. The van der Waals surface area contributed by atoms with Gasteiger partial charge >= 0.3 is 0 Å². The van der Waals surface area contributed by atoms with Gasteiger partial charge in [-0.05, 0) is 75.2 Å². The lowest BCUT2D eigenvalue weighted by Gasteiger charge is -2.16. The minimum Gasteiger partial charge on any atom is -0.494 e. The van der Waals surface area contributed by atoms with E-state index in [2.05, 4.69) is 10.0 Å². The van der Waals surface area contributed by atoms with Gasteiger partial charge in [0.05, 0.1) is 23.2 Å². The summed E-state index contributed by atoms with van der Waals surface area (Å²) in [4.78, 5) is 13.0. The Bertz CT molecular complexity index is 1190. The molecule has 0 heterocycles. The first kappa shape index (κ1) is 23.3. The van der Waals surface area contributed by atoms with Crippen molar-refractivity contribution < 1.29 is 17.9 Å². The summed E-state index contributed by atoms with van der Waals surface area (Å²) in [6, 6.07) is 18.9. The molecule has 0 aliphatic carbocycles. The maximum absolute atomic E-state index is 12.8. The van der Waals surface area contributed by atoms with E-state index in [4.69, 9.17) is 4.74 Å². The first-order valence-corrected chi connectivity index (χ1v) is 11.9. The van der Waals surface area contributed by atoms with Gasteiger partial charge < -0.3 is 10.1 Å². The van der Waals surface area contributed by atoms with Gasteiger partial charge in [-0.25, -0.2) is 8.42 Å². The molecule has 0 saturated carbocycles. The number of aryl methyl sites for hydroxylation is 2. The second-order valence-corrected chi connectivity index (χ2v) is 9.33. The van der Waals surface area contributed by atoms with Crippen LogP contribution in [0.3, 0.4) is 0 Å². The summed E-state index contributed by atoms with van der Waals surface area (Å²) in [5.41, 5.74) is 3.37.